The van der Waals surface area contributed by atoms with E-state index in [1.54, 1.807) is 24.3 Å². The van der Waals surface area contributed by atoms with Crippen LogP contribution in [0.5, 0.6) is 0 Å². The first kappa shape index (κ1) is 17.3. The SMILES string of the molecule is O=C(CCCN1CC2CC(c3cccc(F)c3)C2C1)c1ccc(F)cc1. The molecule has 1 aliphatic carbocycles. The van der Waals surface area contributed by atoms with Gasteiger partial charge in [-0.15, -0.1) is 0 Å². The fourth-order valence-electron chi connectivity index (χ4n) is 4.55. The monoisotopic (exact) mass is 355 g/mol. The lowest BCUT2D eigenvalue weighted by atomic mass is 9.64. The van der Waals surface area contributed by atoms with Gasteiger partial charge in [-0.3, -0.25) is 4.79 Å². The van der Waals surface area contributed by atoms with Crippen LogP contribution in [0.1, 0.15) is 41.1 Å². The van der Waals surface area contributed by atoms with Crippen LogP contribution in [0.3, 0.4) is 0 Å². The Labute approximate surface area is 152 Å². The Morgan fingerprint density at radius 3 is 2.62 bits per heavy atom. The van der Waals surface area contributed by atoms with Crippen molar-refractivity contribution in [3.8, 4) is 0 Å². The van der Waals surface area contributed by atoms with Crippen molar-refractivity contribution in [3.63, 3.8) is 0 Å². The standard InChI is InChI=1S/C22H23F2NO/c23-18-8-6-15(7-9-18)22(26)5-2-10-25-13-17-12-20(21(17)14-25)16-3-1-4-19(24)11-16/h1,3-4,6-9,11,17,20-21H,2,5,10,12-14H2. The van der Waals surface area contributed by atoms with Crippen LogP contribution in [-0.2, 0) is 0 Å². The second-order valence-electron chi connectivity index (χ2n) is 7.61. The second kappa shape index (κ2) is 7.28. The van der Waals surface area contributed by atoms with Crippen molar-refractivity contribution < 1.29 is 13.6 Å². The number of fused-ring (bicyclic) bond motifs is 1. The largest absolute Gasteiger partial charge is 0.303 e. The van der Waals surface area contributed by atoms with Crippen LogP contribution in [0.4, 0.5) is 8.78 Å². The van der Waals surface area contributed by atoms with E-state index in [-0.39, 0.29) is 17.4 Å². The van der Waals surface area contributed by atoms with Crippen LogP contribution < -0.4 is 0 Å². The summed E-state index contributed by atoms with van der Waals surface area (Å²) in [7, 11) is 0. The number of hydrogen-bond donors (Lipinski definition) is 0. The number of Topliss-reactive ketones (excluding diaryl/α,β-unsaturated/α-hetero) is 1. The Hall–Kier alpha value is -2.07. The van der Waals surface area contributed by atoms with Crippen molar-refractivity contribution in [2.24, 2.45) is 11.8 Å². The summed E-state index contributed by atoms with van der Waals surface area (Å²) in [4.78, 5) is 14.6. The summed E-state index contributed by atoms with van der Waals surface area (Å²) in [5.41, 5.74) is 1.71. The molecule has 1 saturated heterocycles. The van der Waals surface area contributed by atoms with Crippen molar-refractivity contribution >= 4 is 5.78 Å². The number of carbonyl (C=O) groups is 1. The normalized spacial score (nSPS) is 24.9. The summed E-state index contributed by atoms with van der Waals surface area (Å²) in [5, 5.41) is 0. The molecule has 136 valence electrons. The Morgan fingerprint density at radius 1 is 1.04 bits per heavy atom. The highest BCUT2D eigenvalue weighted by molar-refractivity contribution is 5.95. The Morgan fingerprint density at radius 2 is 1.85 bits per heavy atom. The first-order valence-corrected chi connectivity index (χ1v) is 9.37. The highest BCUT2D eigenvalue weighted by Crippen LogP contribution is 2.51. The first-order chi connectivity index (χ1) is 12.6. The third kappa shape index (κ3) is 3.56. The van der Waals surface area contributed by atoms with Gasteiger partial charge in [-0.05, 0) is 79.1 Å². The molecule has 3 unspecified atom stereocenters. The third-order valence-corrected chi connectivity index (χ3v) is 5.96. The molecule has 26 heavy (non-hydrogen) atoms. The minimum absolute atomic E-state index is 0.0739. The molecule has 0 spiro atoms. The average molecular weight is 355 g/mol. The van der Waals surface area contributed by atoms with Gasteiger partial charge in [-0.2, -0.15) is 0 Å². The number of benzene rings is 2. The topological polar surface area (TPSA) is 20.3 Å². The minimum atomic E-state index is -0.318. The number of hydrogen-bond acceptors (Lipinski definition) is 2. The highest BCUT2D eigenvalue weighted by atomic mass is 19.1. The Balaban J connectivity index is 1.25. The van der Waals surface area contributed by atoms with Gasteiger partial charge >= 0.3 is 0 Å². The maximum absolute atomic E-state index is 13.4. The lowest BCUT2D eigenvalue weighted by Gasteiger charge is -2.40. The van der Waals surface area contributed by atoms with E-state index in [2.05, 4.69) is 4.90 Å². The van der Waals surface area contributed by atoms with E-state index in [1.807, 2.05) is 6.07 Å². The number of likely N-dealkylation sites (tertiary alicyclic amines) is 1. The molecule has 2 aliphatic rings. The molecule has 0 N–H and O–H groups in total. The summed E-state index contributed by atoms with van der Waals surface area (Å²) < 4.78 is 26.4. The van der Waals surface area contributed by atoms with E-state index < -0.39 is 0 Å². The van der Waals surface area contributed by atoms with Gasteiger partial charge in [-0.25, -0.2) is 8.78 Å². The molecule has 0 aromatic heterocycles. The average Bonchev–Trinajstić information content (AvgIpc) is 2.92. The lowest BCUT2D eigenvalue weighted by molar-refractivity contribution is 0.0976. The molecular formula is C22H23F2NO. The van der Waals surface area contributed by atoms with E-state index in [9.17, 15) is 13.6 Å². The molecule has 2 aromatic carbocycles. The number of carbonyl (C=O) groups excluding carboxylic acids is 1. The number of ketones is 1. The zero-order valence-corrected chi connectivity index (χ0v) is 14.7. The van der Waals surface area contributed by atoms with Crippen molar-refractivity contribution in [1.29, 1.82) is 0 Å². The van der Waals surface area contributed by atoms with Gasteiger partial charge < -0.3 is 4.90 Å². The predicted octanol–water partition coefficient (Wildman–Crippen LogP) is 4.66. The first-order valence-electron chi connectivity index (χ1n) is 9.37. The maximum atomic E-state index is 13.4. The highest BCUT2D eigenvalue weighted by Gasteiger charge is 2.47. The summed E-state index contributed by atoms with van der Waals surface area (Å²) in [6.45, 7) is 3.04. The molecule has 0 radical (unpaired) electrons. The van der Waals surface area contributed by atoms with Crippen molar-refractivity contribution in [3.05, 3.63) is 71.3 Å². The summed E-state index contributed by atoms with van der Waals surface area (Å²) in [5.74, 6) is 1.40. The molecule has 2 nitrogen and oxygen atoms in total. The van der Waals surface area contributed by atoms with Gasteiger partial charge in [0.2, 0.25) is 0 Å². The summed E-state index contributed by atoms with van der Waals surface area (Å²) in [6.07, 6.45) is 2.45. The molecule has 1 saturated carbocycles. The molecular weight excluding hydrogens is 332 g/mol. The van der Waals surface area contributed by atoms with Gasteiger partial charge in [0.1, 0.15) is 11.6 Å². The van der Waals surface area contributed by atoms with Gasteiger partial charge in [0.15, 0.2) is 5.78 Å². The van der Waals surface area contributed by atoms with Crippen LogP contribution in [0.25, 0.3) is 0 Å². The van der Waals surface area contributed by atoms with Gasteiger partial charge in [0.05, 0.1) is 0 Å². The molecule has 1 heterocycles. The quantitative estimate of drug-likeness (QED) is 0.702. The molecule has 3 atom stereocenters. The fraction of sp³-hybridized carbons (Fsp3) is 0.409. The molecule has 2 fully saturated rings. The van der Waals surface area contributed by atoms with Gasteiger partial charge in [0, 0.05) is 25.1 Å². The third-order valence-electron chi connectivity index (χ3n) is 5.96. The van der Waals surface area contributed by atoms with Gasteiger partial charge in [-0.1, -0.05) is 12.1 Å². The summed E-state index contributed by atoms with van der Waals surface area (Å²) >= 11 is 0. The van der Waals surface area contributed by atoms with E-state index in [4.69, 9.17) is 0 Å². The lowest BCUT2D eigenvalue weighted by Crippen LogP contribution is -2.33. The maximum Gasteiger partial charge on any atom is 0.162 e. The predicted molar refractivity (Wildman–Crippen MR) is 97.1 cm³/mol. The van der Waals surface area contributed by atoms with Crippen molar-refractivity contribution in [2.75, 3.05) is 19.6 Å². The van der Waals surface area contributed by atoms with E-state index in [0.717, 1.165) is 38.0 Å². The second-order valence-corrected chi connectivity index (χ2v) is 7.61. The molecule has 4 rings (SSSR count). The van der Waals surface area contributed by atoms with Crippen molar-refractivity contribution in [2.45, 2.75) is 25.2 Å². The number of rotatable bonds is 6. The van der Waals surface area contributed by atoms with Crippen LogP contribution >= 0.6 is 0 Å². The molecule has 1 aliphatic heterocycles. The zero-order chi connectivity index (χ0) is 18.1. The van der Waals surface area contributed by atoms with E-state index in [1.165, 1.54) is 18.2 Å². The van der Waals surface area contributed by atoms with Gasteiger partial charge in [0.25, 0.3) is 0 Å². The number of halogens is 2. The molecule has 0 bridgehead atoms. The summed E-state index contributed by atoms with van der Waals surface area (Å²) in [6, 6.07) is 12.8. The Kier molecular flexibility index (Phi) is 4.86. The number of nitrogens with zero attached hydrogens (tertiary/aromatic N) is 1. The van der Waals surface area contributed by atoms with E-state index >= 15 is 0 Å². The van der Waals surface area contributed by atoms with Crippen molar-refractivity contribution in [1.82, 2.24) is 4.90 Å². The van der Waals surface area contributed by atoms with Crippen LogP contribution in [-0.4, -0.2) is 30.3 Å². The van der Waals surface area contributed by atoms with Crippen LogP contribution in [0, 0.1) is 23.5 Å². The minimum Gasteiger partial charge on any atom is -0.303 e. The zero-order valence-electron chi connectivity index (χ0n) is 14.7. The van der Waals surface area contributed by atoms with Crippen LogP contribution in [0.15, 0.2) is 48.5 Å². The Bertz CT molecular complexity index is 789. The van der Waals surface area contributed by atoms with E-state index in [0.29, 0.717) is 29.7 Å². The molecule has 0 amide bonds. The van der Waals surface area contributed by atoms with Crippen LogP contribution in [0.2, 0.25) is 0 Å². The molecule has 2 aromatic rings. The molecule has 4 heteroatoms. The fourth-order valence-corrected chi connectivity index (χ4v) is 4.55. The smallest absolute Gasteiger partial charge is 0.162 e.